The highest BCUT2D eigenvalue weighted by atomic mass is 19.1. The highest BCUT2D eigenvalue weighted by molar-refractivity contribution is 6.23. The third kappa shape index (κ3) is 2.33. The Morgan fingerprint density at radius 3 is 2.75 bits per heavy atom. The van der Waals surface area contributed by atoms with Crippen molar-refractivity contribution in [2.45, 2.75) is 51.6 Å². The number of nitrogens with zero attached hydrogens (tertiary/aromatic N) is 1. The molecule has 0 fully saturated rings. The number of allylic oxidation sites excluding steroid dienone is 3. The molecule has 32 heavy (non-hydrogen) atoms. The van der Waals surface area contributed by atoms with E-state index in [4.69, 9.17) is 9.72 Å². The van der Waals surface area contributed by atoms with E-state index in [9.17, 15) is 19.1 Å². The van der Waals surface area contributed by atoms with E-state index in [-0.39, 0.29) is 24.6 Å². The lowest BCUT2D eigenvalue weighted by Gasteiger charge is -2.36. The van der Waals surface area contributed by atoms with Crippen LogP contribution in [0.2, 0.25) is 0 Å². The fourth-order valence-electron chi connectivity index (χ4n) is 5.70. The highest BCUT2D eigenvalue weighted by Crippen LogP contribution is 2.45. The molecule has 0 radical (unpaired) electrons. The first-order valence-corrected chi connectivity index (χ1v) is 11.1. The first-order chi connectivity index (χ1) is 15.3. The lowest BCUT2D eigenvalue weighted by Crippen LogP contribution is -2.47. The Morgan fingerprint density at radius 1 is 1.19 bits per heavy atom. The Bertz CT molecular complexity index is 1380. The number of pyridine rings is 1. The van der Waals surface area contributed by atoms with Gasteiger partial charge in [-0.25, -0.2) is 14.2 Å². The number of benzene rings is 1. The van der Waals surface area contributed by atoms with Gasteiger partial charge in [-0.3, -0.25) is 4.79 Å². The predicted octanol–water partition coefficient (Wildman–Crippen LogP) is 3.61. The Labute approximate surface area is 184 Å². The van der Waals surface area contributed by atoms with Gasteiger partial charge in [0.05, 0.1) is 11.2 Å². The van der Waals surface area contributed by atoms with Gasteiger partial charge in [-0.1, -0.05) is 13.0 Å². The fraction of sp³-hybridized carbons (Fsp3) is 0.346. The lowest BCUT2D eigenvalue weighted by molar-refractivity contribution is -0.163. The molecule has 6 rings (SSSR count). The quantitative estimate of drug-likeness (QED) is 0.698. The predicted molar refractivity (Wildman–Crippen MR) is 116 cm³/mol. The van der Waals surface area contributed by atoms with Gasteiger partial charge in [0.15, 0.2) is 11.4 Å². The molecule has 1 atom stereocenters. The first-order valence-electron chi connectivity index (χ1n) is 11.1. The molecule has 0 bridgehead atoms. The third-order valence-electron chi connectivity index (χ3n) is 7.50. The number of carbonyl (C=O) groups excluding carboxylic acids is 2. The number of cyclic esters (lactones) is 1. The van der Waals surface area contributed by atoms with Gasteiger partial charge in [-0.05, 0) is 67.4 Å². The van der Waals surface area contributed by atoms with Crippen molar-refractivity contribution in [3.05, 3.63) is 68.7 Å². The van der Waals surface area contributed by atoms with E-state index in [1.54, 1.807) is 13.0 Å². The van der Waals surface area contributed by atoms with Gasteiger partial charge in [-0.2, -0.15) is 0 Å². The molecule has 1 aromatic carbocycles. The number of hydrogen-bond donors (Lipinski definition) is 1. The monoisotopic (exact) mass is 431 g/mol. The number of fused-ring (bicyclic) bond motifs is 4. The molecule has 0 saturated heterocycles. The molecule has 4 aliphatic rings. The van der Waals surface area contributed by atoms with E-state index in [1.807, 2.05) is 13.0 Å². The van der Waals surface area contributed by atoms with Gasteiger partial charge in [0.1, 0.15) is 12.4 Å². The Kier molecular flexibility index (Phi) is 3.94. The van der Waals surface area contributed by atoms with Crippen LogP contribution in [0, 0.1) is 12.7 Å². The van der Waals surface area contributed by atoms with Crippen molar-refractivity contribution in [1.82, 2.24) is 4.98 Å². The molecule has 162 valence electrons. The van der Waals surface area contributed by atoms with E-state index in [2.05, 4.69) is 0 Å². The summed E-state index contributed by atoms with van der Waals surface area (Å²) < 4.78 is 19.8. The number of carbonyl (C=O) groups is 2. The number of aliphatic hydroxyl groups is 1. The minimum Gasteiger partial charge on any atom is -0.458 e. The second-order valence-electron chi connectivity index (χ2n) is 9.02. The summed E-state index contributed by atoms with van der Waals surface area (Å²) in [5, 5.41) is 12.1. The molecule has 1 N–H and O–H groups in total. The van der Waals surface area contributed by atoms with Gasteiger partial charge < -0.3 is 9.84 Å². The van der Waals surface area contributed by atoms with Crippen LogP contribution in [0.25, 0.3) is 16.5 Å². The van der Waals surface area contributed by atoms with Crippen LogP contribution in [-0.2, 0) is 33.6 Å². The standard InChI is InChI=1S/C26H22FNO4/c1-3-26(31)19-9-17-16(24(29)18(19)11-32-25(26)30)8-7-15-14-6-4-5-13-12(2)20(27)10-21(22(13)14)28-23(15)17/h8-10,31H,3-7,11H2,1-2H3/t26-/m0/s1. The lowest BCUT2D eigenvalue weighted by atomic mass is 9.73. The van der Waals surface area contributed by atoms with Gasteiger partial charge in [0.25, 0.3) is 0 Å². The SMILES string of the molecule is CC[C@@]1(O)C(=O)OCC2=C1C=C1C(=CCc3c1nc1cc(F)c(C)c4c1c3CCC4)C2=O. The number of ether oxygens (including phenoxy) is 1. The van der Waals surface area contributed by atoms with E-state index in [0.29, 0.717) is 45.5 Å². The number of ketones is 1. The molecule has 6 heteroatoms. The third-order valence-corrected chi connectivity index (χ3v) is 7.50. The van der Waals surface area contributed by atoms with Gasteiger partial charge in [0.2, 0.25) is 0 Å². The molecule has 0 spiro atoms. The van der Waals surface area contributed by atoms with Crippen LogP contribution in [0.5, 0.6) is 0 Å². The zero-order chi connectivity index (χ0) is 22.4. The van der Waals surface area contributed by atoms with E-state index >= 15 is 0 Å². The molecule has 1 aromatic heterocycles. The smallest absolute Gasteiger partial charge is 0.343 e. The van der Waals surface area contributed by atoms with Crippen molar-refractivity contribution in [3.8, 4) is 0 Å². The highest BCUT2D eigenvalue weighted by Gasteiger charge is 2.48. The maximum Gasteiger partial charge on any atom is 0.343 e. The second-order valence-corrected chi connectivity index (χ2v) is 9.02. The Balaban J connectivity index is 1.65. The van der Waals surface area contributed by atoms with Crippen molar-refractivity contribution in [3.63, 3.8) is 0 Å². The first kappa shape index (κ1) is 19.6. The summed E-state index contributed by atoms with van der Waals surface area (Å²) in [6.07, 6.45) is 6.95. The van der Waals surface area contributed by atoms with Crippen LogP contribution in [0.1, 0.15) is 47.7 Å². The van der Waals surface area contributed by atoms with Crippen LogP contribution in [0.15, 0.2) is 34.9 Å². The number of esters is 1. The normalized spacial score (nSPS) is 23.9. The Morgan fingerprint density at radius 2 is 1.97 bits per heavy atom. The molecule has 2 aromatic rings. The largest absolute Gasteiger partial charge is 0.458 e. The van der Waals surface area contributed by atoms with Crippen molar-refractivity contribution in [2.24, 2.45) is 0 Å². The summed E-state index contributed by atoms with van der Waals surface area (Å²) in [6, 6.07) is 1.48. The van der Waals surface area contributed by atoms with Crippen molar-refractivity contribution >= 4 is 28.2 Å². The van der Waals surface area contributed by atoms with Gasteiger partial charge >= 0.3 is 5.97 Å². The molecule has 0 amide bonds. The number of aromatic nitrogens is 1. The van der Waals surface area contributed by atoms with Crippen molar-refractivity contribution < 1.29 is 23.8 Å². The summed E-state index contributed by atoms with van der Waals surface area (Å²) in [6.45, 7) is 3.36. The molecular formula is C26H22FNO4. The fourth-order valence-corrected chi connectivity index (χ4v) is 5.70. The summed E-state index contributed by atoms with van der Waals surface area (Å²) in [5.74, 6) is -1.25. The summed E-state index contributed by atoms with van der Waals surface area (Å²) in [7, 11) is 0. The maximum atomic E-state index is 14.7. The summed E-state index contributed by atoms with van der Waals surface area (Å²) in [5.41, 5.74) is 5.05. The second kappa shape index (κ2) is 6.45. The van der Waals surface area contributed by atoms with Crippen molar-refractivity contribution in [2.75, 3.05) is 6.61 Å². The van der Waals surface area contributed by atoms with Crippen molar-refractivity contribution in [1.29, 1.82) is 0 Å². The minimum atomic E-state index is -1.86. The van der Waals surface area contributed by atoms with Gasteiger partial charge in [0, 0.05) is 33.7 Å². The number of rotatable bonds is 1. The summed E-state index contributed by atoms with van der Waals surface area (Å²) >= 11 is 0. The van der Waals surface area contributed by atoms with E-state index < -0.39 is 11.6 Å². The van der Waals surface area contributed by atoms with Crippen LogP contribution >= 0.6 is 0 Å². The molecular weight excluding hydrogens is 409 g/mol. The molecule has 0 unspecified atom stereocenters. The molecule has 1 aliphatic heterocycles. The van der Waals surface area contributed by atoms with Gasteiger partial charge in [-0.15, -0.1) is 0 Å². The minimum absolute atomic E-state index is 0.0951. The van der Waals surface area contributed by atoms with E-state index in [0.717, 1.165) is 35.8 Å². The maximum absolute atomic E-state index is 14.7. The summed E-state index contributed by atoms with van der Waals surface area (Å²) in [4.78, 5) is 30.6. The van der Waals surface area contributed by atoms with Crippen LogP contribution in [0.4, 0.5) is 4.39 Å². The zero-order valence-electron chi connectivity index (χ0n) is 18.0. The van der Waals surface area contributed by atoms with Crippen LogP contribution in [-0.4, -0.2) is 34.1 Å². The number of halogens is 1. The molecule has 5 nitrogen and oxygen atoms in total. The topological polar surface area (TPSA) is 76.5 Å². The average Bonchev–Trinajstić information content (AvgIpc) is 2.80. The van der Waals surface area contributed by atoms with Crippen LogP contribution < -0.4 is 0 Å². The molecule has 2 heterocycles. The van der Waals surface area contributed by atoms with E-state index in [1.165, 1.54) is 11.6 Å². The Hall–Kier alpha value is -3.12. The average molecular weight is 431 g/mol. The number of Topliss-reactive ketones (excluding diaryl/α,β-unsaturated/α-hetero) is 1. The number of hydrogen-bond acceptors (Lipinski definition) is 5. The molecule has 0 saturated carbocycles. The number of aryl methyl sites for hydroxylation is 2. The van der Waals surface area contributed by atoms with Crippen LogP contribution in [0.3, 0.4) is 0 Å². The zero-order valence-corrected chi connectivity index (χ0v) is 18.0. The molecule has 3 aliphatic carbocycles.